The zero-order valence-electron chi connectivity index (χ0n) is 23.0. The maximum Gasteiger partial charge on any atom is 0.384 e. The Bertz CT molecular complexity index is 937. The van der Waals surface area contributed by atoms with Crippen LogP contribution in [0.5, 0.6) is 0 Å². The van der Waals surface area contributed by atoms with E-state index in [1.54, 1.807) is 0 Å². The molecule has 290 valence electrons. The van der Waals surface area contributed by atoms with Crippen LogP contribution in [-0.2, 0) is 14.2 Å². The molecular formula is C21H20F24O3. The van der Waals surface area contributed by atoms with Gasteiger partial charge in [-0.05, 0) is 6.92 Å². The molecule has 0 heterocycles. The van der Waals surface area contributed by atoms with E-state index in [9.17, 15) is 105 Å². The quantitative estimate of drug-likeness (QED) is 0.0812. The maximum absolute atomic E-state index is 13.8. The second-order valence-corrected chi connectivity index (χ2v) is 9.43. The summed E-state index contributed by atoms with van der Waals surface area (Å²) in [5, 5.41) is 0. The Labute approximate surface area is 251 Å². The molecule has 0 aliphatic carbocycles. The van der Waals surface area contributed by atoms with Gasteiger partial charge in [0.15, 0.2) is 0 Å². The molecule has 3 nitrogen and oxygen atoms in total. The number of alkyl halides is 24. The molecule has 0 amide bonds. The van der Waals surface area contributed by atoms with E-state index in [-0.39, 0.29) is 0 Å². The molecule has 0 saturated heterocycles. The van der Waals surface area contributed by atoms with Crippen molar-refractivity contribution < 1.29 is 120 Å². The highest BCUT2D eigenvalue weighted by Gasteiger charge is 2.88. The smallest absolute Gasteiger partial charge is 0.378 e. The molecule has 0 aromatic rings. The Balaban J connectivity index is 5.45. The predicted molar refractivity (Wildman–Crippen MR) is 108 cm³/mol. The Kier molecular flexibility index (Phi) is 14.3. The van der Waals surface area contributed by atoms with E-state index in [2.05, 4.69) is 9.47 Å². The first-order valence-corrected chi connectivity index (χ1v) is 12.1. The molecule has 0 aliphatic heterocycles. The molecule has 0 bridgehead atoms. The summed E-state index contributed by atoms with van der Waals surface area (Å²) in [6.45, 7) is -5.77. The number of ether oxygens (including phenoxy) is 3. The minimum Gasteiger partial charge on any atom is -0.378 e. The summed E-state index contributed by atoms with van der Waals surface area (Å²) >= 11 is 0. The normalized spacial score (nSPS) is 15.8. The Morgan fingerprint density at radius 1 is 0.417 bits per heavy atom. The van der Waals surface area contributed by atoms with E-state index in [0.29, 0.717) is 0 Å². The summed E-state index contributed by atoms with van der Waals surface area (Å²) in [6, 6.07) is 0. The Morgan fingerprint density at radius 3 is 0.917 bits per heavy atom. The average molecular weight is 776 g/mol. The standard InChI is InChI=1S/C21H20F24O3/c1-2-48-9(7-46-5-3-12(26,27)16(34,35)20(42,43)18(38,39)14(30,31)10(22)23)8-47-6-4-13(28,29)17(36,37)21(44,45)19(40,41)15(32,33)11(24)25/h9-11H,2-8H2,1H3. The van der Waals surface area contributed by atoms with Crippen molar-refractivity contribution in [2.24, 2.45) is 0 Å². The minimum absolute atomic E-state index is 0.501. The van der Waals surface area contributed by atoms with Gasteiger partial charge in [0.05, 0.1) is 26.4 Å². The van der Waals surface area contributed by atoms with Gasteiger partial charge >= 0.3 is 72.1 Å². The molecule has 48 heavy (non-hydrogen) atoms. The first kappa shape index (κ1) is 46.2. The van der Waals surface area contributed by atoms with Crippen molar-refractivity contribution in [2.75, 3.05) is 33.0 Å². The van der Waals surface area contributed by atoms with Crippen LogP contribution in [0, 0.1) is 0 Å². The van der Waals surface area contributed by atoms with Gasteiger partial charge in [-0.1, -0.05) is 0 Å². The van der Waals surface area contributed by atoms with E-state index in [1.807, 2.05) is 0 Å². The molecule has 0 aromatic carbocycles. The third kappa shape index (κ3) is 8.05. The van der Waals surface area contributed by atoms with Gasteiger partial charge in [-0.15, -0.1) is 0 Å². The highest BCUT2D eigenvalue weighted by molar-refractivity contribution is 5.10. The largest absolute Gasteiger partial charge is 0.384 e. The fourth-order valence-corrected chi connectivity index (χ4v) is 3.07. The number of rotatable bonds is 22. The number of hydrogen-bond donors (Lipinski definition) is 0. The first-order chi connectivity index (χ1) is 21.0. The minimum atomic E-state index is -7.83. The van der Waals surface area contributed by atoms with Crippen molar-refractivity contribution in [1.82, 2.24) is 0 Å². The van der Waals surface area contributed by atoms with Crippen molar-refractivity contribution >= 4 is 0 Å². The Morgan fingerprint density at radius 2 is 0.688 bits per heavy atom. The van der Waals surface area contributed by atoms with Gasteiger partial charge in [0, 0.05) is 19.4 Å². The van der Waals surface area contributed by atoms with Gasteiger partial charge in [-0.3, -0.25) is 0 Å². The molecule has 0 saturated carbocycles. The van der Waals surface area contributed by atoms with Crippen molar-refractivity contribution in [3.05, 3.63) is 0 Å². The molecule has 0 rings (SSSR count). The number of hydrogen-bond acceptors (Lipinski definition) is 3. The zero-order valence-corrected chi connectivity index (χ0v) is 23.0. The van der Waals surface area contributed by atoms with Crippen LogP contribution in [0.2, 0.25) is 0 Å². The van der Waals surface area contributed by atoms with Crippen LogP contribution < -0.4 is 0 Å². The van der Waals surface area contributed by atoms with E-state index in [0.717, 1.165) is 6.92 Å². The summed E-state index contributed by atoms with van der Waals surface area (Å²) < 4.78 is 329. The summed E-state index contributed by atoms with van der Waals surface area (Å²) in [4.78, 5) is 0. The second-order valence-electron chi connectivity index (χ2n) is 9.43. The molecule has 27 heteroatoms. The van der Waals surface area contributed by atoms with Crippen molar-refractivity contribution in [3.8, 4) is 0 Å². The summed E-state index contributed by atoms with van der Waals surface area (Å²) in [6.07, 6.45) is -18.8. The Hall–Kier alpha value is -1.80. The second kappa shape index (κ2) is 14.8. The van der Waals surface area contributed by atoms with Crippen molar-refractivity contribution in [1.29, 1.82) is 0 Å². The van der Waals surface area contributed by atoms with Crippen LogP contribution in [0.1, 0.15) is 19.8 Å². The summed E-state index contributed by atoms with van der Waals surface area (Å²) in [5.74, 6) is -73.4. The zero-order chi connectivity index (χ0) is 38.8. The van der Waals surface area contributed by atoms with Gasteiger partial charge < -0.3 is 14.2 Å². The van der Waals surface area contributed by atoms with Crippen molar-refractivity contribution in [3.63, 3.8) is 0 Å². The predicted octanol–water partition coefficient (Wildman–Crippen LogP) is 9.09. The van der Waals surface area contributed by atoms with Gasteiger partial charge in [0.2, 0.25) is 0 Å². The molecular weight excluding hydrogens is 756 g/mol. The molecule has 0 radical (unpaired) electrons. The molecule has 0 aromatic heterocycles. The molecule has 0 unspecified atom stereocenters. The van der Waals surface area contributed by atoms with Crippen molar-refractivity contribution in [2.45, 2.75) is 97.9 Å². The van der Waals surface area contributed by atoms with Crippen LogP contribution in [0.3, 0.4) is 0 Å². The fraction of sp³-hybridized carbons (Fsp3) is 1.00. The molecule has 0 spiro atoms. The van der Waals surface area contributed by atoms with Gasteiger partial charge in [-0.25, -0.2) is 17.6 Å². The lowest BCUT2D eigenvalue weighted by Crippen LogP contribution is -2.68. The van der Waals surface area contributed by atoms with Crippen LogP contribution in [0.4, 0.5) is 105 Å². The monoisotopic (exact) mass is 776 g/mol. The van der Waals surface area contributed by atoms with Gasteiger partial charge in [-0.2, -0.15) is 87.8 Å². The lowest BCUT2D eigenvalue weighted by Gasteiger charge is -2.39. The molecule has 0 N–H and O–H groups in total. The van der Waals surface area contributed by atoms with Crippen LogP contribution >= 0.6 is 0 Å². The highest BCUT2D eigenvalue weighted by Crippen LogP contribution is 2.60. The van der Waals surface area contributed by atoms with E-state index in [1.165, 1.54) is 0 Å². The van der Waals surface area contributed by atoms with E-state index < -0.39 is 124 Å². The highest BCUT2D eigenvalue weighted by atomic mass is 19.4. The van der Waals surface area contributed by atoms with E-state index >= 15 is 0 Å². The lowest BCUT2D eigenvalue weighted by atomic mass is 9.93. The molecule has 0 fully saturated rings. The average Bonchev–Trinajstić information content (AvgIpc) is 2.92. The third-order valence-corrected chi connectivity index (χ3v) is 6.01. The van der Waals surface area contributed by atoms with Gasteiger partial charge in [0.25, 0.3) is 0 Å². The number of halogens is 24. The third-order valence-electron chi connectivity index (χ3n) is 6.01. The van der Waals surface area contributed by atoms with E-state index in [4.69, 9.17) is 4.74 Å². The molecule has 0 aliphatic rings. The van der Waals surface area contributed by atoms with Crippen LogP contribution in [0.15, 0.2) is 0 Å². The van der Waals surface area contributed by atoms with Gasteiger partial charge in [0.1, 0.15) is 6.10 Å². The summed E-state index contributed by atoms with van der Waals surface area (Å²) in [5.41, 5.74) is 0. The lowest BCUT2D eigenvalue weighted by molar-refractivity contribution is -0.413. The van der Waals surface area contributed by atoms with Crippen LogP contribution in [0.25, 0.3) is 0 Å². The van der Waals surface area contributed by atoms with Crippen LogP contribution in [-0.4, -0.2) is 111 Å². The topological polar surface area (TPSA) is 27.7 Å². The maximum atomic E-state index is 13.8. The molecule has 0 atom stereocenters. The fourth-order valence-electron chi connectivity index (χ4n) is 3.07. The SMILES string of the molecule is CCOC(COCCC(F)(F)C(F)(F)C(F)(F)C(F)(F)C(F)(F)C(F)F)COCCC(F)(F)C(F)(F)C(F)(F)C(F)(F)C(F)(F)C(F)F. The first-order valence-electron chi connectivity index (χ1n) is 12.1. The summed E-state index contributed by atoms with van der Waals surface area (Å²) in [7, 11) is 0.